The summed E-state index contributed by atoms with van der Waals surface area (Å²) >= 11 is 5.87. The molecule has 0 aromatic carbocycles. The van der Waals surface area contributed by atoms with Crippen LogP contribution < -0.4 is 0 Å². The normalized spacial score (nSPS) is 12.8. The lowest BCUT2D eigenvalue weighted by molar-refractivity contribution is -0.0112. The Labute approximate surface area is 122 Å². The van der Waals surface area contributed by atoms with E-state index in [-0.39, 0.29) is 12.7 Å². The van der Waals surface area contributed by atoms with Crippen LogP contribution in [-0.4, -0.2) is 56.7 Å². The monoisotopic (exact) mass is 296 g/mol. The fourth-order valence-corrected chi connectivity index (χ4v) is 1.91. The molecule has 0 spiro atoms. The van der Waals surface area contributed by atoms with E-state index in [9.17, 15) is 0 Å². The Morgan fingerprint density at radius 1 is 0.947 bits per heavy atom. The minimum atomic E-state index is 0.0541. The zero-order chi connectivity index (χ0) is 14.2. The standard InChI is InChI=1S/C14H29ClO4/c1-2-3-4-5-6-14(13-15)19-12-11-18-10-9-17-8-7-16/h14,16H,2-13H2,1H3/t14-/m0/s1. The number of aliphatic hydroxyl groups is 1. The average Bonchev–Trinajstić information content (AvgIpc) is 2.44. The Morgan fingerprint density at radius 3 is 2.26 bits per heavy atom. The summed E-state index contributed by atoms with van der Waals surface area (Å²) < 4.78 is 16.1. The summed E-state index contributed by atoms with van der Waals surface area (Å²) in [6, 6.07) is 0. The lowest BCUT2D eigenvalue weighted by atomic mass is 10.1. The van der Waals surface area contributed by atoms with Crippen LogP contribution in [0.3, 0.4) is 0 Å². The zero-order valence-electron chi connectivity index (χ0n) is 12.1. The fraction of sp³-hybridized carbons (Fsp3) is 1.00. The van der Waals surface area contributed by atoms with Gasteiger partial charge in [-0.2, -0.15) is 0 Å². The van der Waals surface area contributed by atoms with Gasteiger partial charge >= 0.3 is 0 Å². The van der Waals surface area contributed by atoms with Crippen LogP contribution in [0.25, 0.3) is 0 Å². The summed E-state index contributed by atoms with van der Waals surface area (Å²) in [5, 5.41) is 8.50. The van der Waals surface area contributed by atoms with E-state index in [2.05, 4.69) is 6.92 Å². The van der Waals surface area contributed by atoms with E-state index in [0.29, 0.717) is 38.9 Å². The molecule has 0 aliphatic heterocycles. The van der Waals surface area contributed by atoms with E-state index in [1.807, 2.05) is 0 Å². The number of aliphatic hydroxyl groups excluding tert-OH is 1. The molecule has 0 aliphatic rings. The topological polar surface area (TPSA) is 47.9 Å². The summed E-state index contributed by atoms with van der Waals surface area (Å²) in [6.07, 6.45) is 6.15. The number of unbranched alkanes of at least 4 members (excludes halogenated alkanes) is 3. The molecule has 4 nitrogen and oxygen atoms in total. The molecule has 0 aromatic rings. The molecule has 0 aromatic heterocycles. The van der Waals surface area contributed by atoms with Crippen molar-refractivity contribution in [2.75, 3.05) is 45.5 Å². The summed E-state index contributed by atoms with van der Waals surface area (Å²) in [6.45, 7) is 4.81. The van der Waals surface area contributed by atoms with Crippen molar-refractivity contribution in [1.29, 1.82) is 0 Å². The number of rotatable bonds is 15. The highest BCUT2D eigenvalue weighted by molar-refractivity contribution is 6.18. The molecule has 5 heteroatoms. The van der Waals surface area contributed by atoms with Gasteiger partial charge in [-0.15, -0.1) is 11.6 Å². The van der Waals surface area contributed by atoms with E-state index in [4.69, 9.17) is 30.9 Å². The average molecular weight is 297 g/mol. The lowest BCUT2D eigenvalue weighted by Gasteiger charge is -2.15. The van der Waals surface area contributed by atoms with E-state index >= 15 is 0 Å². The Kier molecular flexibility index (Phi) is 16.3. The first kappa shape index (κ1) is 19.1. The molecule has 19 heavy (non-hydrogen) atoms. The molecule has 0 unspecified atom stereocenters. The second kappa shape index (κ2) is 16.2. The van der Waals surface area contributed by atoms with Gasteiger partial charge in [0.2, 0.25) is 0 Å². The molecular weight excluding hydrogens is 268 g/mol. The van der Waals surface area contributed by atoms with Crippen molar-refractivity contribution >= 4 is 11.6 Å². The molecule has 0 rings (SSSR count). The highest BCUT2D eigenvalue weighted by atomic mass is 35.5. The molecule has 1 N–H and O–H groups in total. The summed E-state index contributed by atoms with van der Waals surface area (Å²) in [5.74, 6) is 0.547. The molecule has 0 saturated carbocycles. The summed E-state index contributed by atoms with van der Waals surface area (Å²) in [4.78, 5) is 0. The van der Waals surface area contributed by atoms with Gasteiger partial charge in [0.25, 0.3) is 0 Å². The van der Waals surface area contributed by atoms with Crippen LogP contribution in [0.2, 0.25) is 0 Å². The summed E-state index contributed by atoms with van der Waals surface area (Å²) in [7, 11) is 0. The van der Waals surface area contributed by atoms with Gasteiger partial charge < -0.3 is 19.3 Å². The SMILES string of the molecule is CCCCCC[C@@H](CCl)OCCOCCOCCO. The van der Waals surface area contributed by atoms with Crippen molar-refractivity contribution in [3.05, 3.63) is 0 Å². The van der Waals surface area contributed by atoms with Gasteiger partial charge in [0.15, 0.2) is 0 Å². The van der Waals surface area contributed by atoms with Gasteiger partial charge in [-0.3, -0.25) is 0 Å². The Hall–Kier alpha value is 0.130. The molecule has 0 amide bonds. The second-order valence-electron chi connectivity index (χ2n) is 4.44. The maximum Gasteiger partial charge on any atom is 0.0711 e. The molecule has 0 radical (unpaired) electrons. The van der Waals surface area contributed by atoms with Crippen LogP contribution in [0.4, 0.5) is 0 Å². The largest absolute Gasteiger partial charge is 0.394 e. The molecular formula is C14H29ClO4. The van der Waals surface area contributed by atoms with Crippen LogP contribution in [0.1, 0.15) is 39.0 Å². The minimum absolute atomic E-state index is 0.0541. The molecule has 0 saturated heterocycles. The van der Waals surface area contributed by atoms with Crippen molar-refractivity contribution in [3.8, 4) is 0 Å². The van der Waals surface area contributed by atoms with Crippen LogP contribution in [-0.2, 0) is 14.2 Å². The highest BCUT2D eigenvalue weighted by Gasteiger charge is 2.06. The van der Waals surface area contributed by atoms with Gasteiger partial charge in [0.05, 0.1) is 45.7 Å². The maximum atomic E-state index is 8.50. The van der Waals surface area contributed by atoms with Gasteiger partial charge in [0.1, 0.15) is 0 Å². The van der Waals surface area contributed by atoms with E-state index in [0.717, 1.165) is 6.42 Å². The van der Waals surface area contributed by atoms with E-state index in [1.165, 1.54) is 25.7 Å². The van der Waals surface area contributed by atoms with Crippen molar-refractivity contribution in [3.63, 3.8) is 0 Å². The van der Waals surface area contributed by atoms with Crippen LogP contribution in [0.5, 0.6) is 0 Å². The number of halogens is 1. The van der Waals surface area contributed by atoms with Gasteiger partial charge in [-0.1, -0.05) is 32.6 Å². The molecule has 0 heterocycles. The molecule has 0 fully saturated rings. The van der Waals surface area contributed by atoms with Gasteiger partial charge in [-0.25, -0.2) is 0 Å². The predicted octanol–water partition coefficient (Wildman–Crippen LogP) is 2.61. The Morgan fingerprint density at radius 2 is 1.63 bits per heavy atom. The lowest BCUT2D eigenvalue weighted by Crippen LogP contribution is -2.19. The Bertz CT molecular complexity index is 170. The maximum absolute atomic E-state index is 8.50. The van der Waals surface area contributed by atoms with Crippen molar-refractivity contribution < 1.29 is 19.3 Å². The van der Waals surface area contributed by atoms with Crippen LogP contribution in [0, 0.1) is 0 Å². The summed E-state index contributed by atoms with van der Waals surface area (Å²) in [5.41, 5.74) is 0. The first-order chi connectivity index (χ1) is 9.35. The molecule has 1 atom stereocenters. The number of hydrogen-bond donors (Lipinski definition) is 1. The van der Waals surface area contributed by atoms with E-state index < -0.39 is 0 Å². The quantitative estimate of drug-likeness (QED) is 0.373. The van der Waals surface area contributed by atoms with Crippen molar-refractivity contribution in [2.45, 2.75) is 45.1 Å². The molecule has 0 bridgehead atoms. The van der Waals surface area contributed by atoms with E-state index in [1.54, 1.807) is 0 Å². The zero-order valence-corrected chi connectivity index (χ0v) is 12.9. The third-order valence-electron chi connectivity index (χ3n) is 2.74. The first-order valence-electron chi connectivity index (χ1n) is 7.29. The van der Waals surface area contributed by atoms with Gasteiger partial charge in [-0.05, 0) is 6.42 Å². The molecule has 0 aliphatic carbocycles. The second-order valence-corrected chi connectivity index (χ2v) is 4.75. The number of hydrogen-bond acceptors (Lipinski definition) is 4. The van der Waals surface area contributed by atoms with Crippen LogP contribution >= 0.6 is 11.6 Å². The van der Waals surface area contributed by atoms with Crippen LogP contribution in [0.15, 0.2) is 0 Å². The van der Waals surface area contributed by atoms with Gasteiger partial charge in [0, 0.05) is 5.88 Å². The third-order valence-corrected chi connectivity index (χ3v) is 3.08. The number of ether oxygens (including phenoxy) is 3. The van der Waals surface area contributed by atoms with Crippen molar-refractivity contribution in [1.82, 2.24) is 0 Å². The first-order valence-corrected chi connectivity index (χ1v) is 7.82. The smallest absolute Gasteiger partial charge is 0.0711 e. The minimum Gasteiger partial charge on any atom is -0.394 e. The predicted molar refractivity (Wildman–Crippen MR) is 77.9 cm³/mol. The highest BCUT2D eigenvalue weighted by Crippen LogP contribution is 2.09. The van der Waals surface area contributed by atoms with Crippen molar-refractivity contribution in [2.24, 2.45) is 0 Å². The number of alkyl halides is 1. The Balaban J connectivity index is 3.26. The fourth-order valence-electron chi connectivity index (χ4n) is 1.66. The molecule has 116 valence electrons. The third kappa shape index (κ3) is 14.4.